The lowest BCUT2D eigenvalue weighted by atomic mass is 10.2. The van der Waals surface area contributed by atoms with Crippen LogP contribution in [0.25, 0.3) is 5.69 Å². The lowest BCUT2D eigenvalue weighted by Gasteiger charge is -2.14. The summed E-state index contributed by atoms with van der Waals surface area (Å²) in [6.45, 7) is 4.06. The Hall–Kier alpha value is -2.76. The van der Waals surface area contributed by atoms with E-state index in [1.54, 1.807) is 7.11 Å². The molecule has 1 N–H and O–H groups in total. The minimum atomic E-state index is -0.352. The quantitative estimate of drug-likeness (QED) is 0.826. The molecule has 0 radical (unpaired) electrons. The number of amides is 1. The smallest absolute Gasteiger partial charge is 0.307 e. The third kappa shape index (κ3) is 3.59. The van der Waals surface area contributed by atoms with Crippen molar-refractivity contribution in [3.8, 4) is 11.4 Å². The first kappa shape index (κ1) is 17.6. The first-order chi connectivity index (χ1) is 11.5. The molecule has 1 aromatic heterocycles. The van der Waals surface area contributed by atoms with E-state index < -0.39 is 0 Å². The molecule has 0 fully saturated rings. The van der Waals surface area contributed by atoms with Crippen LogP contribution in [0.4, 0.5) is 0 Å². The predicted molar refractivity (Wildman–Crippen MR) is 90.8 cm³/mol. The van der Waals surface area contributed by atoms with E-state index in [-0.39, 0.29) is 24.8 Å². The Morgan fingerprint density at radius 3 is 2.54 bits per heavy atom. The Labute approximate surface area is 141 Å². The van der Waals surface area contributed by atoms with Crippen molar-refractivity contribution >= 4 is 11.9 Å². The number of aromatic nitrogens is 1. The molecule has 0 atom stereocenters. The van der Waals surface area contributed by atoms with Crippen molar-refractivity contribution in [2.75, 3.05) is 20.8 Å². The molecule has 0 unspecified atom stereocenters. The molecule has 0 saturated carbocycles. The molecule has 1 aromatic carbocycles. The van der Waals surface area contributed by atoms with E-state index >= 15 is 0 Å². The third-order valence-corrected chi connectivity index (χ3v) is 3.84. The van der Waals surface area contributed by atoms with Gasteiger partial charge in [-0.3, -0.25) is 9.59 Å². The molecule has 0 aliphatic carbocycles. The second-order valence-corrected chi connectivity index (χ2v) is 5.37. The topological polar surface area (TPSA) is 69.6 Å². The van der Waals surface area contributed by atoms with Crippen molar-refractivity contribution < 1.29 is 19.1 Å². The Bertz CT molecular complexity index is 749. The van der Waals surface area contributed by atoms with Gasteiger partial charge in [0.1, 0.15) is 5.75 Å². The van der Waals surface area contributed by atoms with Gasteiger partial charge >= 0.3 is 5.97 Å². The van der Waals surface area contributed by atoms with E-state index in [9.17, 15) is 9.59 Å². The largest absolute Gasteiger partial charge is 0.495 e. The summed E-state index contributed by atoms with van der Waals surface area (Å²) in [5.41, 5.74) is 3.19. The van der Waals surface area contributed by atoms with Gasteiger partial charge in [-0.25, -0.2) is 0 Å². The monoisotopic (exact) mass is 330 g/mol. The number of benzene rings is 1. The summed E-state index contributed by atoms with van der Waals surface area (Å²) < 4.78 is 12.0. The summed E-state index contributed by atoms with van der Waals surface area (Å²) in [7, 11) is 2.94. The molecule has 0 spiro atoms. The van der Waals surface area contributed by atoms with Crippen LogP contribution in [0.2, 0.25) is 0 Å². The van der Waals surface area contributed by atoms with Crippen molar-refractivity contribution in [3.05, 3.63) is 47.3 Å². The van der Waals surface area contributed by atoms with Crippen molar-refractivity contribution in [2.45, 2.75) is 20.3 Å². The van der Waals surface area contributed by atoms with Crippen molar-refractivity contribution in [1.82, 2.24) is 9.88 Å². The highest BCUT2D eigenvalue weighted by Crippen LogP contribution is 2.27. The molecule has 2 aromatic rings. The first-order valence-corrected chi connectivity index (χ1v) is 7.67. The van der Waals surface area contributed by atoms with Gasteiger partial charge in [-0.2, -0.15) is 0 Å². The maximum absolute atomic E-state index is 12.4. The van der Waals surface area contributed by atoms with Crippen LogP contribution >= 0.6 is 0 Å². The molecule has 0 aliphatic rings. The number of para-hydroxylation sites is 2. The Kier molecular flexibility index (Phi) is 5.63. The van der Waals surface area contributed by atoms with Gasteiger partial charge in [-0.15, -0.1) is 0 Å². The van der Waals surface area contributed by atoms with Gasteiger partial charge in [0.05, 0.1) is 31.9 Å². The number of carbonyl (C=O) groups is 2. The minimum absolute atomic E-state index is 0.146. The summed E-state index contributed by atoms with van der Waals surface area (Å²) in [6, 6.07) is 9.47. The molecule has 1 amide bonds. The van der Waals surface area contributed by atoms with Crippen LogP contribution in [-0.2, 0) is 9.53 Å². The number of carbonyl (C=O) groups excluding carboxylic acids is 2. The van der Waals surface area contributed by atoms with Crippen LogP contribution in [0.1, 0.15) is 28.2 Å². The van der Waals surface area contributed by atoms with Gasteiger partial charge in [0.2, 0.25) is 0 Å². The average Bonchev–Trinajstić information content (AvgIpc) is 2.89. The lowest BCUT2D eigenvalue weighted by Crippen LogP contribution is -2.26. The highest BCUT2D eigenvalue weighted by molar-refractivity contribution is 5.96. The maximum Gasteiger partial charge on any atom is 0.307 e. The standard InChI is InChI=1S/C18H22N2O4/c1-12-11-14(18(22)19-10-9-17(21)24-4)13(2)20(12)15-7-5-6-8-16(15)23-3/h5-8,11H,9-10H2,1-4H3,(H,19,22). The Morgan fingerprint density at radius 2 is 1.88 bits per heavy atom. The minimum Gasteiger partial charge on any atom is -0.495 e. The zero-order chi connectivity index (χ0) is 17.7. The van der Waals surface area contributed by atoms with Gasteiger partial charge in [0.25, 0.3) is 5.91 Å². The van der Waals surface area contributed by atoms with Crippen molar-refractivity contribution in [2.24, 2.45) is 0 Å². The molecule has 24 heavy (non-hydrogen) atoms. The molecule has 128 valence electrons. The van der Waals surface area contributed by atoms with Crippen LogP contribution in [0.5, 0.6) is 5.75 Å². The lowest BCUT2D eigenvalue weighted by molar-refractivity contribution is -0.140. The summed E-state index contributed by atoms with van der Waals surface area (Å²) in [4.78, 5) is 23.5. The maximum atomic E-state index is 12.4. The predicted octanol–water partition coefficient (Wildman–Crippen LogP) is 2.40. The molecule has 0 aliphatic heterocycles. The number of esters is 1. The van der Waals surface area contributed by atoms with Crippen LogP contribution in [0.15, 0.2) is 30.3 Å². The van der Waals surface area contributed by atoms with Gasteiger partial charge in [-0.05, 0) is 32.0 Å². The van der Waals surface area contributed by atoms with E-state index in [1.807, 2.05) is 48.7 Å². The number of hydrogen-bond acceptors (Lipinski definition) is 4. The fraction of sp³-hybridized carbons (Fsp3) is 0.333. The molecule has 0 bridgehead atoms. The Morgan fingerprint density at radius 1 is 1.17 bits per heavy atom. The summed E-state index contributed by atoms with van der Waals surface area (Å²) in [5.74, 6) is 0.167. The number of nitrogens with zero attached hydrogens (tertiary/aromatic N) is 1. The molecular formula is C18H22N2O4. The number of methoxy groups -OCH3 is 2. The van der Waals surface area contributed by atoms with Crippen LogP contribution in [0, 0.1) is 13.8 Å². The zero-order valence-corrected chi connectivity index (χ0v) is 14.4. The van der Waals surface area contributed by atoms with E-state index in [0.717, 1.165) is 22.8 Å². The number of ether oxygens (including phenoxy) is 2. The van der Waals surface area contributed by atoms with Gasteiger partial charge in [0.15, 0.2) is 0 Å². The van der Waals surface area contributed by atoms with E-state index in [4.69, 9.17) is 4.74 Å². The average molecular weight is 330 g/mol. The van der Waals surface area contributed by atoms with Crippen LogP contribution in [0.3, 0.4) is 0 Å². The number of rotatable bonds is 6. The summed E-state index contributed by atoms with van der Waals surface area (Å²) in [5, 5.41) is 2.74. The van der Waals surface area contributed by atoms with E-state index in [2.05, 4.69) is 10.1 Å². The van der Waals surface area contributed by atoms with Gasteiger partial charge in [-0.1, -0.05) is 12.1 Å². The highest BCUT2D eigenvalue weighted by atomic mass is 16.5. The molecule has 0 saturated heterocycles. The fourth-order valence-corrected chi connectivity index (χ4v) is 2.65. The number of aryl methyl sites for hydroxylation is 1. The van der Waals surface area contributed by atoms with Crippen LogP contribution in [-0.4, -0.2) is 37.2 Å². The van der Waals surface area contributed by atoms with E-state index in [1.165, 1.54) is 7.11 Å². The zero-order valence-electron chi connectivity index (χ0n) is 14.4. The van der Waals surface area contributed by atoms with Crippen LogP contribution < -0.4 is 10.1 Å². The number of nitrogens with one attached hydrogen (secondary N) is 1. The van der Waals surface area contributed by atoms with E-state index in [0.29, 0.717) is 5.56 Å². The fourth-order valence-electron chi connectivity index (χ4n) is 2.65. The second kappa shape index (κ2) is 7.68. The van der Waals surface area contributed by atoms with Crippen molar-refractivity contribution in [3.63, 3.8) is 0 Å². The Balaban J connectivity index is 2.26. The summed E-state index contributed by atoms with van der Waals surface area (Å²) >= 11 is 0. The highest BCUT2D eigenvalue weighted by Gasteiger charge is 2.18. The molecule has 6 heteroatoms. The molecular weight excluding hydrogens is 308 g/mol. The van der Waals surface area contributed by atoms with Gasteiger partial charge in [0, 0.05) is 17.9 Å². The third-order valence-electron chi connectivity index (χ3n) is 3.84. The molecule has 1 heterocycles. The molecule has 6 nitrogen and oxygen atoms in total. The normalized spacial score (nSPS) is 10.3. The SMILES string of the molecule is COC(=O)CCNC(=O)c1cc(C)n(-c2ccccc2OC)c1C. The first-order valence-electron chi connectivity index (χ1n) is 7.67. The second-order valence-electron chi connectivity index (χ2n) is 5.37. The summed E-state index contributed by atoms with van der Waals surface area (Å²) in [6.07, 6.45) is 0.146. The van der Waals surface area contributed by atoms with Gasteiger partial charge < -0.3 is 19.4 Å². The molecule has 2 rings (SSSR count). The number of hydrogen-bond donors (Lipinski definition) is 1. The van der Waals surface area contributed by atoms with Crippen molar-refractivity contribution in [1.29, 1.82) is 0 Å².